The Morgan fingerprint density at radius 1 is 1.05 bits per heavy atom. The summed E-state index contributed by atoms with van der Waals surface area (Å²) in [6.07, 6.45) is 0.963. The minimum Gasteiger partial charge on any atom is -0.306 e. The minimum absolute atomic E-state index is 0.166. The fourth-order valence-corrected chi connectivity index (χ4v) is 2.56. The number of hydrogen-bond acceptors (Lipinski definition) is 1. The second-order valence-electron chi connectivity index (χ2n) is 4.60. The van der Waals surface area contributed by atoms with Crippen LogP contribution in [0.3, 0.4) is 0 Å². The van der Waals surface area contributed by atoms with Gasteiger partial charge in [-0.2, -0.15) is 0 Å². The molecule has 0 heterocycles. The summed E-state index contributed by atoms with van der Waals surface area (Å²) in [4.78, 5) is 0. The Hall–Kier alpha value is -1.26. The van der Waals surface area contributed by atoms with Gasteiger partial charge in [-0.25, -0.2) is 8.78 Å². The van der Waals surface area contributed by atoms with Gasteiger partial charge < -0.3 is 5.32 Å². The Labute approximate surface area is 126 Å². The fraction of sp³-hybridized carbons (Fsp3) is 0.250. The molecule has 0 aliphatic heterocycles. The van der Waals surface area contributed by atoms with Gasteiger partial charge in [0, 0.05) is 4.47 Å². The van der Waals surface area contributed by atoms with Crippen molar-refractivity contribution in [1.29, 1.82) is 0 Å². The smallest absolute Gasteiger partial charge is 0.123 e. The highest BCUT2D eigenvalue weighted by atomic mass is 79.9. The molecule has 0 saturated heterocycles. The van der Waals surface area contributed by atoms with E-state index in [1.165, 1.54) is 24.3 Å². The van der Waals surface area contributed by atoms with E-state index in [-0.39, 0.29) is 17.7 Å². The highest BCUT2D eigenvalue weighted by Crippen LogP contribution is 2.29. The summed E-state index contributed by atoms with van der Waals surface area (Å²) in [6, 6.07) is 10.7. The molecule has 106 valence electrons. The Kier molecular flexibility index (Phi) is 5.26. The van der Waals surface area contributed by atoms with Gasteiger partial charge in [0.25, 0.3) is 0 Å². The molecule has 0 aromatic heterocycles. The third-order valence-electron chi connectivity index (χ3n) is 3.07. The molecule has 0 aliphatic rings. The summed E-state index contributed by atoms with van der Waals surface area (Å²) in [5.74, 6) is -0.560. The molecule has 0 bridgehead atoms. The van der Waals surface area contributed by atoms with Crippen LogP contribution >= 0.6 is 15.9 Å². The van der Waals surface area contributed by atoms with Crippen LogP contribution in [0.2, 0.25) is 0 Å². The Balaban J connectivity index is 2.41. The van der Waals surface area contributed by atoms with Crippen LogP contribution in [0.5, 0.6) is 0 Å². The predicted octanol–water partition coefficient (Wildman–Crippen LogP) is 4.82. The molecule has 2 aromatic rings. The van der Waals surface area contributed by atoms with Gasteiger partial charge in [0.15, 0.2) is 0 Å². The van der Waals surface area contributed by atoms with E-state index < -0.39 is 0 Å². The van der Waals surface area contributed by atoms with Crippen molar-refractivity contribution in [1.82, 2.24) is 5.32 Å². The highest BCUT2D eigenvalue weighted by molar-refractivity contribution is 9.10. The molecular formula is C16H16BrF2N. The van der Waals surface area contributed by atoms with Gasteiger partial charge >= 0.3 is 0 Å². The topological polar surface area (TPSA) is 12.0 Å². The van der Waals surface area contributed by atoms with E-state index in [2.05, 4.69) is 28.2 Å². The molecule has 0 aliphatic carbocycles. The van der Waals surface area contributed by atoms with E-state index in [1.807, 2.05) is 0 Å². The van der Waals surface area contributed by atoms with E-state index in [9.17, 15) is 8.78 Å². The first kappa shape index (κ1) is 15.1. The lowest BCUT2D eigenvalue weighted by atomic mass is 9.98. The standard InChI is InChI=1S/C16H16BrF2N/c1-2-9-20-16(11-3-5-12(18)6-4-11)14-10-13(19)7-8-15(14)17/h3-8,10,16,20H,2,9H2,1H3. The molecule has 4 heteroatoms. The third-order valence-corrected chi connectivity index (χ3v) is 3.79. The maximum atomic E-state index is 13.5. The van der Waals surface area contributed by atoms with E-state index in [4.69, 9.17) is 0 Å². The molecule has 1 atom stereocenters. The van der Waals surface area contributed by atoms with Crippen LogP contribution in [-0.2, 0) is 0 Å². The predicted molar refractivity (Wildman–Crippen MR) is 80.6 cm³/mol. The number of nitrogens with one attached hydrogen (secondary N) is 1. The van der Waals surface area contributed by atoms with E-state index in [1.54, 1.807) is 18.2 Å². The zero-order valence-corrected chi connectivity index (χ0v) is 12.8. The van der Waals surface area contributed by atoms with Crippen molar-refractivity contribution in [3.05, 3.63) is 69.7 Å². The maximum Gasteiger partial charge on any atom is 0.123 e. The van der Waals surface area contributed by atoms with Crippen molar-refractivity contribution in [2.75, 3.05) is 6.54 Å². The summed E-state index contributed by atoms with van der Waals surface area (Å²) in [5, 5.41) is 3.37. The molecule has 20 heavy (non-hydrogen) atoms. The van der Waals surface area contributed by atoms with Crippen LogP contribution in [0, 0.1) is 11.6 Å². The molecule has 0 amide bonds. The normalized spacial score (nSPS) is 12.4. The molecule has 0 spiro atoms. The van der Waals surface area contributed by atoms with Crippen LogP contribution in [0.4, 0.5) is 8.78 Å². The first-order chi connectivity index (χ1) is 9.61. The van der Waals surface area contributed by atoms with Crippen molar-refractivity contribution >= 4 is 15.9 Å². The van der Waals surface area contributed by atoms with Crippen LogP contribution in [0.25, 0.3) is 0 Å². The van der Waals surface area contributed by atoms with Gasteiger partial charge in [0.05, 0.1) is 6.04 Å². The second-order valence-corrected chi connectivity index (χ2v) is 5.46. The number of hydrogen-bond donors (Lipinski definition) is 1. The average molecular weight is 340 g/mol. The van der Waals surface area contributed by atoms with E-state index >= 15 is 0 Å². The highest BCUT2D eigenvalue weighted by Gasteiger charge is 2.17. The van der Waals surface area contributed by atoms with Gasteiger partial charge in [0.1, 0.15) is 11.6 Å². The number of benzene rings is 2. The molecule has 1 nitrogen and oxygen atoms in total. The molecule has 0 radical (unpaired) electrons. The molecule has 0 fully saturated rings. The summed E-state index contributed by atoms with van der Waals surface area (Å²) in [5.41, 5.74) is 1.72. The summed E-state index contributed by atoms with van der Waals surface area (Å²) >= 11 is 3.45. The summed E-state index contributed by atoms with van der Waals surface area (Å²) < 4.78 is 27.4. The SMILES string of the molecule is CCCNC(c1ccc(F)cc1)c1cc(F)ccc1Br. The largest absolute Gasteiger partial charge is 0.306 e. The lowest BCUT2D eigenvalue weighted by Crippen LogP contribution is -2.23. The molecule has 1 unspecified atom stereocenters. The number of rotatable bonds is 5. The van der Waals surface area contributed by atoms with Crippen LogP contribution in [0.1, 0.15) is 30.5 Å². The summed E-state index contributed by atoms with van der Waals surface area (Å²) in [7, 11) is 0. The first-order valence-corrected chi connectivity index (χ1v) is 7.35. The third kappa shape index (κ3) is 3.64. The first-order valence-electron chi connectivity index (χ1n) is 6.55. The number of halogens is 3. The van der Waals surface area contributed by atoms with Gasteiger partial charge in [-0.3, -0.25) is 0 Å². The quantitative estimate of drug-likeness (QED) is 0.823. The maximum absolute atomic E-state index is 13.5. The molecule has 2 rings (SSSR count). The lowest BCUT2D eigenvalue weighted by Gasteiger charge is -2.21. The fourth-order valence-electron chi connectivity index (χ4n) is 2.09. The van der Waals surface area contributed by atoms with Crippen LogP contribution in [0.15, 0.2) is 46.9 Å². The Morgan fingerprint density at radius 3 is 2.35 bits per heavy atom. The van der Waals surface area contributed by atoms with E-state index in [0.717, 1.165) is 28.6 Å². The lowest BCUT2D eigenvalue weighted by molar-refractivity contribution is 0.580. The molecule has 0 saturated carbocycles. The zero-order chi connectivity index (χ0) is 14.5. The summed E-state index contributed by atoms with van der Waals surface area (Å²) in [6.45, 7) is 2.86. The zero-order valence-electron chi connectivity index (χ0n) is 11.2. The van der Waals surface area contributed by atoms with Crippen molar-refractivity contribution in [3.63, 3.8) is 0 Å². The average Bonchev–Trinajstić information content (AvgIpc) is 2.44. The molecule has 2 aromatic carbocycles. The van der Waals surface area contributed by atoms with Crippen LogP contribution < -0.4 is 5.32 Å². The second kappa shape index (κ2) is 6.95. The van der Waals surface area contributed by atoms with Crippen molar-refractivity contribution < 1.29 is 8.78 Å². The van der Waals surface area contributed by atoms with Gasteiger partial charge in [-0.05, 0) is 54.4 Å². The molecular weight excluding hydrogens is 324 g/mol. The van der Waals surface area contributed by atoms with Gasteiger partial charge in [0.2, 0.25) is 0 Å². The Bertz CT molecular complexity index is 569. The van der Waals surface area contributed by atoms with Crippen molar-refractivity contribution in [3.8, 4) is 0 Å². The monoisotopic (exact) mass is 339 g/mol. The van der Waals surface area contributed by atoms with Gasteiger partial charge in [-0.15, -0.1) is 0 Å². The van der Waals surface area contributed by atoms with Crippen molar-refractivity contribution in [2.24, 2.45) is 0 Å². The van der Waals surface area contributed by atoms with E-state index in [0.29, 0.717) is 0 Å². The minimum atomic E-state index is -0.284. The van der Waals surface area contributed by atoms with Crippen LogP contribution in [-0.4, -0.2) is 6.54 Å². The van der Waals surface area contributed by atoms with Crippen molar-refractivity contribution in [2.45, 2.75) is 19.4 Å². The Morgan fingerprint density at radius 2 is 1.70 bits per heavy atom. The molecule has 1 N–H and O–H groups in total. The van der Waals surface area contributed by atoms with Gasteiger partial charge in [-0.1, -0.05) is 35.0 Å².